The summed E-state index contributed by atoms with van der Waals surface area (Å²) in [6, 6.07) is 5.87. The van der Waals surface area contributed by atoms with E-state index in [1.807, 2.05) is 36.9 Å². The van der Waals surface area contributed by atoms with Gasteiger partial charge in [0.2, 0.25) is 5.91 Å². The molecular weight excluding hydrogens is 242 g/mol. The normalized spacial score (nSPS) is 21.6. The summed E-state index contributed by atoms with van der Waals surface area (Å²) < 4.78 is 6.98. The fraction of sp³-hybridized carbons (Fsp3) is 0.429. The average Bonchev–Trinajstić information content (AvgIpc) is 3.12. The number of methoxy groups -OCH3 is 1. The summed E-state index contributed by atoms with van der Waals surface area (Å²) in [6.45, 7) is 1.98. The van der Waals surface area contributed by atoms with Gasteiger partial charge in [0.25, 0.3) is 0 Å². The number of fused-ring (bicyclic) bond motifs is 1. The van der Waals surface area contributed by atoms with Gasteiger partial charge < -0.3 is 10.1 Å². The van der Waals surface area contributed by atoms with Gasteiger partial charge in [-0.05, 0) is 31.5 Å². The van der Waals surface area contributed by atoms with Crippen LogP contribution in [0, 0.1) is 12.8 Å². The summed E-state index contributed by atoms with van der Waals surface area (Å²) in [6.07, 6.45) is 0.901. The fourth-order valence-electron chi connectivity index (χ4n) is 2.46. The molecule has 0 unspecified atom stereocenters. The van der Waals surface area contributed by atoms with Gasteiger partial charge >= 0.3 is 0 Å². The van der Waals surface area contributed by atoms with Gasteiger partial charge in [-0.1, -0.05) is 0 Å². The van der Waals surface area contributed by atoms with E-state index in [0.29, 0.717) is 0 Å². The SMILES string of the molecule is CO[C@@H]1C[C@H]1C(=O)Nc1ccc2c(C)nn(C)c2c1. The number of carbonyl (C=O) groups is 1. The molecule has 0 aliphatic heterocycles. The van der Waals surface area contributed by atoms with E-state index in [9.17, 15) is 4.79 Å². The van der Waals surface area contributed by atoms with Crippen molar-refractivity contribution >= 4 is 22.5 Å². The highest BCUT2D eigenvalue weighted by Crippen LogP contribution is 2.34. The van der Waals surface area contributed by atoms with Crippen molar-refractivity contribution in [2.75, 3.05) is 12.4 Å². The van der Waals surface area contributed by atoms with Crippen molar-refractivity contribution in [2.24, 2.45) is 13.0 Å². The van der Waals surface area contributed by atoms with Gasteiger partial charge in [-0.3, -0.25) is 9.48 Å². The minimum atomic E-state index is -0.00558. The van der Waals surface area contributed by atoms with Crippen molar-refractivity contribution in [3.05, 3.63) is 23.9 Å². The largest absolute Gasteiger partial charge is 0.381 e. The molecule has 1 amide bonds. The van der Waals surface area contributed by atoms with Gasteiger partial charge in [-0.2, -0.15) is 5.10 Å². The second-order valence-electron chi connectivity index (χ2n) is 5.05. The van der Waals surface area contributed by atoms with Crippen LogP contribution in [0.15, 0.2) is 18.2 Å². The number of aryl methyl sites for hydroxylation is 2. The summed E-state index contributed by atoms with van der Waals surface area (Å²) in [5.74, 6) is 0.0269. The molecule has 0 spiro atoms. The summed E-state index contributed by atoms with van der Waals surface area (Å²) in [4.78, 5) is 12.0. The zero-order valence-electron chi connectivity index (χ0n) is 11.3. The Kier molecular flexibility index (Phi) is 2.78. The highest BCUT2D eigenvalue weighted by atomic mass is 16.5. The van der Waals surface area contributed by atoms with Crippen molar-refractivity contribution in [3.63, 3.8) is 0 Å². The minimum absolute atomic E-state index is 0.00558. The molecule has 0 saturated heterocycles. The molecule has 1 aliphatic rings. The van der Waals surface area contributed by atoms with E-state index < -0.39 is 0 Å². The minimum Gasteiger partial charge on any atom is -0.381 e. The Morgan fingerprint density at radius 2 is 2.32 bits per heavy atom. The first kappa shape index (κ1) is 12.2. The van der Waals surface area contributed by atoms with Crippen LogP contribution >= 0.6 is 0 Å². The van der Waals surface area contributed by atoms with Gasteiger partial charge in [0.05, 0.1) is 23.2 Å². The first-order valence-electron chi connectivity index (χ1n) is 6.37. The van der Waals surface area contributed by atoms with Crippen molar-refractivity contribution in [1.29, 1.82) is 0 Å². The molecule has 2 aromatic rings. The molecule has 100 valence electrons. The van der Waals surface area contributed by atoms with E-state index in [1.54, 1.807) is 7.11 Å². The van der Waals surface area contributed by atoms with Gasteiger partial charge in [-0.25, -0.2) is 0 Å². The average molecular weight is 259 g/mol. The van der Waals surface area contributed by atoms with Crippen LogP contribution in [0.4, 0.5) is 5.69 Å². The number of hydrogen-bond acceptors (Lipinski definition) is 3. The molecule has 0 radical (unpaired) electrons. The number of aromatic nitrogens is 2. The van der Waals surface area contributed by atoms with Crippen LogP contribution in [0.3, 0.4) is 0 Å². The third kappa shape index (κ3) is 2.10. The quantitative estimate of drug-likeness (QED) is 0.915. The standard InChI is InChI=1S/C14H17N3O2/c1-8-10-5-4-9(6-12(10)17(2)16-8)15-14(18)11-7-13(11)19-3/h4-6,11,13H,7H2,1-3H3,(H,15,18)/t11-,13-/m1/s1. The Morgan fingerprint density at radius 3 is 3.00 bits per heavy atom. The lowest BCUT2D eigenvalue weighted by molar-refractivity contribution is -0.118. The van der Waals surface area contributed by atoms with Crippen LogP contribution in [0.1, 0.15) is 12.1 Å². The zero-order chi connectivity index (χ0) is 13.6. The zero-order valence-corrected chi connectivity index (χ0v) is 11.3. The number of anilines is 1. The number of nitrogens with zero attached hydrogens (tertiary/aromatic N) is 2. The lowest BCUT2D eigenvalue weighted by Gasteiger charge is -2.05. The maximum atomic E-state index is 12.0. The number of hydrogen-bond donors (Lipinski definition) is 1. The number of carbonyl (C=O) groups excluding carboxylic acids is 1. The third-order valence-electron chi connectivity index (χ3n) is 3.68. The molecule has 1 heterocycles. The van der Waals surface area contributed by atoms with Gasteiger partial charge in [0.1, 0.15) is 0 Å². The Morgan fingerprint density at radius 1 is 1.53 bits per heavy atom. The van der Waals surface area contributed by atoms with E-state index in [0.717, 1.165) is 28.7 Å². The van der Waals surface area contributed by atoms with E-state index in [1.165, 1.54) is 0 Å². The van der Waals surface area contributed by atoms with Crippen LogP contribution in [0.5, 0.6) is 0 Å². The van der Waals surface area contributed by atoms with Crippen LogP contribution in [-0.4, -0.2) is 28.9 Å². The number of ether oxygens (including phenoxy) is 1. The monoisotopic (exact) mass is 259 g/mol. The fourth-order valence-corrected chi connectivity index (χ4v) is 2.46. The Bertz CT molecular complexity index is 647. The van der Waals surface area contributed by atoms with E-state index in [2.05, 4.69) is 10.4 Å². The van der Waals surface area contributed by atoms with E-state index in [4.69, 9.17) is 4.74 Å². The predicted octanol–water partition coefficient (Wildman–Crippen LogP) is 1.86. The third-order valence-corrected chi connectivity index (χ3v) is 3.68. The first-order valence-corrected chi connectivity index (χ1v) is 6.37. The molecular formula is C14H17N3O2. The summed E-state index contributed by atoms with van der Waals surface area (Å²) in [5.41, 5.74) is 2.83. The first-order chi connectivity index (χ1) is 9.10. The van der Waals surface area contributed by atoms with Crippen LogP contribution in [-0.2, 0) is 16.6 Å². The number of rotatable bonds is 3. The molecule has 1 aromatic carbocycles. The lowest BCUT2D eigenvalue weighted by Crippen LogP contribution is -2.16. The molecule has 0 bridgehead atoms. The summed E-state index contributed by atoms with van der Waals surface area (Å²) >= 11 is 0. The maximum absolute atomic E-state index is 12.0. The maximum Gasteiger partial charge on any atom is 0.230 e. The molecule has 1 aliphatic carbocycles. The van der Waals surface area contributed by atoms with Crippen molar-refractivity contribution in [3.8, 4) is 0 Å². The van der Waals surface area contributed by atoms with E-state index in [-0.39, 0.29) is 17.9 Å². The second kappa shape index (κ2) is 4.35. The Labute approximate surface area is 111 Å². The van der Waals surface area contributed by atoms with E-state index >= 15 is 0 Å². The molecule has 3 rings (SSSR count). The molecule has 1 N–H and O–H groups in total. The van der Waals surface area contributed by atoms with Gasteiger partial charge in [-0.15, -0.1) is 0 Å². The molecule has 5 heteroatoms. The summed E-state index contributed by atoms with van der Waals surface area (Å²) in [5, 5.41) is 8.42. The molecule has 2 atom stereocenters. The topological polar surface area (TPSA) is 56.1 Å². The second-order valence-corrected chi connectivity index (χ2v) is 5.05. The van der Waals surface area contributed by atoms with Gasteiger partial charge in [0, 0.05) is 25.2 Å². The van der Waals surface area contributed by atoms with Crippen molar-refractivity contribution in [2.45, 2.75) is 19.4 Å². The Hall–Kier alpha value is -1.88. The number of amides is 1. The van der Waals surface area contributed by atoms with Gasteiger partial charge in [0.15, 0.2) is 0 Å². The molecule has 19 heavy (non-hydrogen) atoms. The smallest absolute Gasteiger partial charge is 0.230 e. The number of benzene rings is 1. The van der Waals surface area contributed by atoms with Crippen LogP contribution in [0.2, 0.25) is 0 Å². The molecule has 1 fully saturated rings. The van der Waals surface area contributed by atoms with Crippen molar-refractivity contribution in [1.82, 2.24) is 9.78 Å². The molecule has 1 saturated carbocycles. The summed E-state index contributed by atoms with van der Waals surface area (Å²) in [7, 11) is 3.55. The highest BCUT2D eigenvalue weighted by Gasteiger charge is 2.43. The number of nitrogens with one attached hydrogen (secondary N) is 1. The Balaban J connectivity index is 1.82. The van der Waals surface area contributed by atoms with Crippen LogP contribution in [0.25, 0.3) is 10.9 Å². The van der Waals surface area contributed by atoms with Crippen LogP contribution < -0.4 is 5.32 Å². The van der Waals surface area contributed by atoms with Crippen molar-refractivity contribution < 1.29 is 9.53 Å². The molecule has 5 nitrogen and oxygen atoms in total. The predicted molar refractivity (Wildman–Crippen MR) is 73.0 cm³/mol. The molecule has 1 aromatic heterocycles. The lowest BCUT2D eigenvalue weighted by atomic mass is 10.2. The highest BCUT2D eigenvalue weighted by molar-refractivity contribution is 5.97.